The van der Waals surface area contributed by atoms with E-state index in [2.05, 4.69) is 0 Å². The van der Waals surface area contributed by atoms with E-state index in [9.17, 15) is 13.2 Å². The minimum Gasteiger partial charge on any atom is -0.491 e. The number of halogens is 3. The van der Waals surface area contributed by atoms with E-state index >= 15 is 0 Å². The molecule has 0 radical (unpaired) electrons. The van der Waals surface area contributed by atoms with Crippen molar-refractivity contribution < 1.29 is 32.5 Å². The minimum absolute atomic E-state index is 0.224. The molecule has 0 saturated heterocycles. The van der Waals surface area contributed by atoms with Gasteiger partial charge >= 0.3 is 6.18 Å². The summed E-state index contributed by atoms with van der Waals surface area (Å²) in [6.07, 6.45) is -7.17. The second-order valence-corrected chi connectivity index (χ2v) is 3.68. The average molecular weight is 280 g/mol. The Morgan fingerprint density at radius 3 is 2.05 bits per heavy atom. The monoisotopic (exact) mass is 280 g/mol. The molecule has 0 spiro atoms. The quantitative estimate of drug-likeness (QED) is 0.776. The van der Waals surface area contributed by atoms with Crippen molar-refractivity contribution in [1.29, 1.82) is 0 Å². The van der Waals surface area contributed by atoms with E-state index in [1.165, 1.54) is 12.1 Å². The molecule has 1 N–H and O–H groups in total. The molecule has 0 fully saturated rings. The first kappa shape index (κ1) is 15.6. The highest BCUT2D eigenvalue weighted by molar-refractivity contribution is 5.31. The van der Waals surface area contributed by atoms with E-state index in [-0.39, 0.29) is 5.75 Å². The predicted octanol–water partition coefficient (Wildman–Crippen LogP) is 2.01. The number of methoxy groups -OCH3 is 1. The topological polar surface area (TPSA) is 47.9 Å². The molecule has 1 aromatic carbocycles. The van der Waals surface area contributed by atoms with Gasteiger partial charge in [-0.15, -0.1) is 0 Å². The SMILES string of the molecule is COCCOc1ccc(OCC(O)C(F)(F)F)cc1. The third kappa shape index (κ3) is 5.80. The van der Waals surface area contributed by atoms with Gasteiger partial charge in [0.25, 0.3) is 0 Å². The summed E-state index contributed by atoms with van der Waals surface area (Å²) in [5.41, 5.74) is 0. The number of aliphatic hydroxyl groups excluding tert-OH is 1. The van der Waals surface area contributed by atoms with Crippen molar-refractivity contribution in [2.45, 2.75) is 12.3 Å². The Morgan fingerprint density at radius 2 is 1.58 bits per heavy atom. The van der Waals surface area contributed by atoms with Crippen molar-refractivity contribution >= 4 is 0 Å². The number of hydrogen-bond donors (Lipinski definition) is 1. The van der Waals surface area contributed by atoms with Gasteiger partial charge in [0.05, 0.1) is 6.61 Å². The number of alkyl halides is 3. The Bertz CT molecular complexity index is 364. The molecule has 0 saturated carbocycles. The van der Waals surface area contributed by atoms with E-state index in [0.717, 1.165) is 0 Å². The molecule has 7 heteroatoms. The van der Waals surface area contributed by atoms with Crippen LogP contribution in [0.1, 0.15) is 0 Å². The molecule has 1 rings (SSSR count). The highest BCUT2D eigenvalue weighted by Gasteiger charge is 2.38. The molecular weight excluding hydrogens is 265 g/mol. The van der Waals surface area contributed by atoms with Gasteiger partial charge < -0.3 is 19.3 Å². The summed E-state index contributed by atoms with van der Waals surface area (Å²) in [6, 6.07) is 6.05. The van der Waals surface area contributed by atoms with E-state index in [1.54, 1.807) is 19.2 Å². The van der Waals surface area contributed by atoms with Gasteiger partial charge in [0.15, 0.2) is 6.10 Å². The molecule has 19 heavy (non-hydrogen) atoms. The maximum atomic E-state index is 12.0. The molecule has 0 heterocycles. The number of benzene rings is 1. The van der Waals surface area contributed by atoms with Crippen LogP contribution < -0.4 is 9.47 Å². The summed E-state index contributed by atoms with van der Waals surface area (Å²) in [5.74, 6) is 0.781. The maximum Gasteiger partial charge on any atom is 0.417 e. The van der Waals surface area contributed by atoms with Crippen LogP contribution in [-0.2, 0) is 4.74 Å². The summed E-state index contributed by atoms with van der Waals surface area (Å²) in [7, 11) is 1.55. The standard InChI is InChI=1S/C12H15F3O4/c1-17-6-7-18-9-2-4-10(5-3-9)19-8-11(16)12(13,14)15/h2-5,11,16H,6-8H2,1H3. The second-order valence-electron chi connectivity index (χ2n) is 3.68. The maximum absolute atomic E-state index is 12.0. The molecule has 4 nitrogen and oxygen atoms in total. The first-order valence-electron chi connectivity index (χ1n) is 5.53. The summed E-state index contributed by atoms with van der Waals surface area (Å²) in [6.45, 7) is -0.0209. The molecule has 1 atom stereocenters. The molecule has 1 aromatic rings. The Labute approximate surface area is 108 Å². The normalized spacial score (nSPS) is 13.1. The third-order valence-electron chi connectivity index (χ3n) is 2.17. The van der Waals surface area contributed by atoms with E-state index < -0.39 is 18.9 Å². The average Bonchev–Trinajstić information content (AvgIpc) is 2.36. The fourth-order valence-corrected chi connectivity index (χ4v) is 1.14. The van der Waals surface area contributed by atoms with Crippen molar-refractivity contribution in [3.63, 3.8) is 0 Å². The van der Waals surface area contributed by atoms with Crippen LogP contribution in [0.2, 0.25) is 0 Å². The van der Waals surface area contributed by atoms with Crippen LogP contribution >= 0.6 is 0 Å². The van der Waals surface area contributed by atoms with E-state index in [4.69, 9.17) is 19.3 Å². The lowest BCUT2D eigenvalue weighted by molar-refractivity contribution is -0.210. The van der Waals surface area contributed by atoms with E-state index in [1.807, 2.05) is 0 Å². The van der Waals surface area contributed by atoms with Crippen LogP contribution in [0.4, 0.5) is 13.2 Å². The first-order chi connectivity index (χ1) is 8.93. The van der Waals surface area contributed by atoms with Crippen molar-refractivity contribution in [2.24, 2.45) is 0 Å². The Morgan fingerprint density at radius 1 is 1.05 bits per heavy atom. The van der Waals surface area contributed by atoms with Gasteiger partial charge in [-0.3, -0.25) is 0 Å². The summed E-state index contributed by atoms with van der Waals surface area (Å²) in [5, 5.41) is 8.76. The molecule has 0 amide bonds. The van der Waals surface area contributed by atoms with Gasteiger partial charge in [-0.05, 0) is 24.3 Å². The fourth-order valence-electron chi connectivity index (χ4n) is 1.14. The number of ether oxygens (including phenoxy) is 3. The summed E-state index contributed by atoms with van der Waals surface area (Å²) >= 11 is 0. The van der Waals surface area contributed by atoms with Gasteiger partial charge in [-0.1, -0.05) is 0 Å². The van der Waals surface area contributed by atoms with Crippen LogP contribution in [0.5, 0.6) is 11.5 Å². The molecule has 108 valence electrons. The minimum atomic E-state index is -4.68. The predicted molar refractivity (Wildman–Crippen MR) is 61.4 cm³/mol. The molecule has 0 aliphatic rings. The lowest BCUT2D eigenvalue weighted by Gasteiger charge is -2.15. The van der Waals surface area contributed by atoms with Crippen LogP contribution in [0.25, 0.3) is 0 Å². The summed E-state index contributed by atoms with van der Waals surface area (Å²) < 4.78 is 51.0. The van der Waals surface area contributed by atoms with Crippen LogP contribution in [0.15, 0.2) is 24.3 Å². The zero-order chi connectivity index (χ0) is 14.3. The molecular formula is C12H15F3O4. The fraction of sp³-hybridized carbons (Fsp3) is 0.500. The van der Waals surface area contributed by atoms with Crippen molar-refractivity contribution in [2.75, 3.05) is 26.9 Å². The Balaban J connectivity index is 2.40. The Kier molecular flexibility index (Phi) is 5.91. The smallest absolute Gasteiger partial charge is 0.417 e. The lowest BCUT2D eigenvalue weighted by Crippen LogP contribution is -2.34. The molecule has 0 aliphatic heterocycles. The first-order valence-corrected chi connectivity index (χ1v) is 5.53. The highest BCUT2D eigenvalue weighted by Crippen LogP contribution is 2.22. The molecule has 0 bridgehead atoms. The van der Waals surface area contributed by atoms with Crippen molar-refractivity contribution in [3.05, 3.63) is 24.3 Å². The van der Waals surface area contributed by atoms with Gasteiger partial charge in [-0.2, -0.15) is 13.2 Å². The van der Waals surface area contributed by atoms with Crippen LogP contribution in [-0.4, -0.2) is 44.3 Å². The zero-order valence-corrected chi connectivity index (χ0v) is 10.3. The van der Waals surface area contributed by atoms with Crippen molar-refractivity contribution in [1.82, 2.24) is 0 Å². The molecule has 0 aromatic heterocycles. The second kappa shape index (κ2) is 7.20. The number of hydrogen-bond acceptors (Lipinski definition) is 4. The summed E-state index contributed by atoms with van der Waals surface area (Å²) in [4.78, 5) is 0. The van der Waals surface area contributed by atoms with Gasteiger partial charge in [0, 0.05) is 7.11 Å². The largest absolute Gasteiger partial charge is 0.491 e. The molecule has 1 unspecified atom stereocenters. The highest BCUT2D eigenvalue weighted by atomic mass is 19.4. The lowest BCUT2D eigenvalue weighted by atomic mass is 10.3. The van der Waals surface area contributed by atoms with Gasteiger partial charge in [0.1, 0.15) is 24.7 Å². The van der Waals surface area contributed by atoms with Gasteiger partial charge in [0.2, 0.25) is 0 Å². The van der Waals surface area contributed by atoms with E-state index in [0.29, 0.717) is 19.0 Å². The number of rotatable bonds is 7. The molecule has 0 aliphatic carbocycles. The number of aliphatic hydroxyl groups is 1. The third-order valence-corrected chi connectivity index (χ3v) is 2.17. The van der Waals surface area contributed by atoms with Crippen LogP contribution in [0.3, 0.4) is 0 Å². The van der Waals surface area contributed by atoms with Gasteiger partial charge in [-0.25, -0.2) is 0 Å². The zero-order valence-electron chi connectivity index (χ0n) is 10.3. The van der Waals surface area contributed by atoms with Crippen molar-refractivity contribution in [3.8, 4) is 11.5 Å². The Hall–Kier alpha value is -1.47. The van der Waals surface area contributed by atoms with Crippen LogP contribution in [0, 0.1) is 0 Å².